The molecule has 3 N–H and O–H groups in total. The van der Waals surface area contributed by atoms with Crippen molar-refractivity contribution in [3.63, 3.8) is 0 Å². The largest absolute Gasteiger partial charge is 0.508 e. The first-order valence-corrected chi connectivity index (χ1v) is 7.52. The van der Waals surface area contributed by atoms with Crippen molar-refractivity contribution in [2.24, 2.45) is 5.92 Å². The van der Waals surface area contributed by atoms with E-state index in [1.54, 1.807) is 17.0 Å². The van der Waals surface area contributed by atoms with E-state index in [0.717, 1.165) is 12.0 Å². The summed E-state index contributed by atoms with van der Waals surface area (Å²) in [5.41, 5.74) is 1.02. The SMILES string of the molecule is CC(Cc1ccc(O)cc1)NC(=O)N1CCCC(C(=O)O)C1. The molecule has 2 unspecified atom stereocenters. The second-order valence-corrected chi connectivity index (χ2v) is 5.84. The van der Waals surface area contributed by atoms with Crippen LogP contribution in [-0.4, -0.2) is 46.2 Å². The van der Waals surface area contributed by atoms with E-state index in [2.05, 4.69) is 5.32 Å². The Morgan fingerprint density at radius 3 is 2.68 bits per heavy atom. The van der Waals surface area contributed by atoms with Crippen molar-refractivity contribution in [2.45, 2.75) is 32.2 Å². The number of likely N-dealkylation sites (tertiary alicyclic amines) is 1. The second-order valence-electron chi connectivity index (χ2n) is 5.84. The standard InChI is InChI=1S/C16H22N2O4/c1-11(9-12-4-6-14(19)7-5-12)17-16(22)18-8-2-3-13(10-18)15(20)21/h4-7,11,13,19H,2-3,8-10H2,1H3,(H,17,22)(H,20,21). The molecule has 0 aromatic heterocycles. The Morgan fingerprint density at radius 2 is 2.05 bits per heavy atom. The second kappa shape index (κ2) is 7.15. The Hall–Kier alpha value is -2.24. The van der Waals surface area contributed by atoms with Gasteiger partial charge < -0.3 is 20.4 Å². The minimum absolute atomic E-state index is 0.0674. The molecule has 1 heterocycles. The molecule has 2 rings (SSSR count). The van der Waals surface area contributed by atoms with Gasteiger partial charge in [0.05, 0.1) is 5.92 Å². The number of amides is 2. The molecule has 120 valence electrons. The number of carboxylic acid groups (broad SMARTS) is 1. The fourth-order valence-electron chi connectivity index (χ4n) is 2.70. The van der Waals surface area contributed by atoms with Crippen LogP contribution in [0, 0.1) is 5.92 Å². The topological polar surface area (TPSA) is 89.9 Å². The fraction of sp³-hybridized carbons (Fsp3) is 0.500. The third-order valence-corrected chi connectivity index (χ3v) is 3.91. The lowest BCUT2D eigenvalue weighted by Crippen LogP contribution is -2.49. The molecule has 22 heavy (non-hydrogen) atoms. The zero-order chi connectivity index (χ0) is 16.1. The zero-order valence-corrected chi connectivity index (χ0v) is 12.7. The van der Waals surface area contributed by atoms with Gasteiger partial charge in [-0.3, -0.25) is 4.79 Å². The fourth-order valence-corrected chi connectivity index (χ4v) is 2.70. The first-order chi connectivity index (χ1) is 10.5. The molecule has 1 aliphatic heterocycles. The van der Waals surface area contributed by atoms with Gasteiger partial charge in [-0.25, -0.2) is 4.79 Å². The number of piperidine rings is 1. The highest BCUT2D eigenvalue weighted by molar-refractivity contribution is 5.76. The minimum atomic E-state index is -0.838. The molecule has 1 fully saturated rings. The highest BCUT2D eigenvalue weighted by atomic mass is 16.4. The summed E-state index contributed by atoms with van der Waals surface area (Å²) in [5.74, 6) is -1.09. The third-order valence-electron chi connectivity index (χ3n) is 3.91. The van der Waals surface area contributed by atoms with E-state index in [-0.39, 0.29) is 24.4 Å². The van der Waals surface area contributed by atoms with Crippen LogP contribution < -0.4 is 5.32 Å². The summed E-state index contributed by atoms with van der Waals surface area (Å²) in [6, 6.07) is 6.59. The summed E-state index contributed by atoms with van der Waals surface area (Å²) in [7, 11) is 0. The Balaban J connectivity index is 1.85. The summed E-state index contributed by atoms with van der Waals surface area (Å²) in [4.78, 5) is 24.8. The highest BCUT2D eigenvalue weighted by Gasteiger charge is 2.28. The molecule has 1 aliphatic rings. The van der Waals surface area contributed by atoms with Crippen molar-refractivity contribution in [3.05, 3.63) is 29.8 Å². The molecule has 0 bridgehead atoms. The van der Waals surface area contributed by atoms with Crippen LogP contribution in [0.1, 0.15) is 25.3 Å². The number of carbonyl (C=O) groups excluding carboxylic acids is 1. The van der Waals surface area contributed by atoms with Gasteiger partial charge >= 0.3 is 12.0 Å². The Bertz CT molecular complexity index is 529. The quantitative estimate of drug-likeness (QED) is 0.791. The van der Waals surface area contributed by atoms with Gasteiger partial charge in [-0.05, 0) is 43.9 Å². The number of phenols is 1. The maximum absolute atomic E-state index is 12.2. The van der Waals surface area contributed by atoms with Gasteiger partial charge in [0.25, 0.3) is 0 Å². The number of carboxylic acids is 1. The van der Waals surface area contributed by atoms with Crippen molar-refractivity contribution < 1.29 is 19.8 Å². The molecule has 2 atom stereocenters. The Morgan fingerprint density at radius 1 is 1.36 bits per heavy atom. The van der Waals surface area contributed by atoms with E-state index in [9.17, 15) is 14.7 Å². The molecule has 6 nitrogen and oxygen atoms in total. The molecular formula is C16H22N2O4. The lowest BCUT2D eigenvalue weighted by atomic mass is 9.98. The van der Waals surface area contributed by atoms with Crippen LogP contribution in [0.5, 0.6) is 5.75 Å². The van der Waals surface area contributed by atoms with Crippen molar-refractivity contribution in [1.29, 1.82) is 0 Å². The number of phenolic OH excluding ortho intramolecular Hbond substituents is 1. The normalized spacial score (nSPS) is 19.5. The van der Waals surface area contributed by atoms with Crippen LogP contribution in [0.2, 0.25) is 0 Å². The van der Waals surface area contributed by atoms with Gasteiger partial charge in [0.1, 0.15) is 5.75 Å². The average Bonchev–Trinajstić information content (AvgIpc) is 2.49. The summed E-state index contributed by atoms with van der Waals surface area (Å²) < 4.78 is 0. The first-order valence-electron chi connectivity index (χ1n) is 7.52. The predicted molar refractivity (Wildman–Crippen MR) is 81.7 cm³/mol. The van der Waals surface area contributed by atoms with E-state index in [4.69, 9.17) is 5.11 Å². The molecule has 0 spiro atoms. The summed E-state index contributed by atoms with van der Waals surface area (Å²) >= 11 is 0. The van der Waals surface area contributed by atoms with E-state index in [1.165, 1.54) is 0 Å². The Labute approximate surface area is 129 Å². The third kappa shape index (κ3) is 4.38. The average molecular weight is 306 g/mol. The van der Waals surface area contributed by atoms with Crippen LogP contribution in [0.4, 0.5) is 4.79 Å². The van der Waals surface area contributed by atoms with E-state index in [1.807, 2.05) is 19.1 Å². The smallest absolute Gasteiger partial charge is 0.317 e. The van der Waals surface area contributed by atoms with Gasteiger partial charge in [0, 0.05) is 19.1 Å². The van der Waals surface area contributed by atoms with E-state index < -0.39 is 11.9 Å². The summed E-state index contributed by atoms with van der Waals surface area (Å²) in [6.07, 6.45) is 2.00. The number of carbonyl (C=O) groups is 2. The number of aromatic hydroxyl groups is 1. The number of nitrogens with one attached hydrogen (secondary N) is 1. The van der Waals surface area contributed by atoms with Gasteiger partial charge in [0.15, 0.2) is 0 Å². The van der Waals surface area contributed by atoms with Crippen LogP contribution in [-0.2, 0) is 11.2 Å². The zero-order valence-electron chi connectivity index (χ0n) is 12.7. The number of urea groups is 1. The number of rotatable bonds is 4. The van der Waals surface area contributed by atoms with Crippen LogP contribution in [0.15, 0.2) is 24.3 Å². The minimum Gasteiger partial charge on any atom is -0.508 e. The van der Waals surface area contributed by atoms with Crippen molar-refractivity contribution >= 4 is 12.0 Å². The number of hydrogen-bond donors (Lipinski definition) is 3. The molecule has 0 saturated carbocycles. The lowest BCUT2D eigenvalue weighted by Gasteiger charge is -2.31. The summed E-state index contributed by atoms with van der Waals surface area (Å²) in [6.45, 7) is 2.78. The molecule has 1 aromatic rings. The number of nitrogens with zero attached hydrogens (tertiary/aromatic N) is 1. The van der Waals surface area contributed by atoms with Crippen LogP contribution >= 0.6 is 0 Å². The molecule has 1 aromatic carbocycles. The van der Waals surface area contributed by atoms with Crippen molar-refractivity contribution in [2.75, 3.05) is 13.1 Å². The molecule has 0 aliphatic carbocycles. The molecule has 1 saturated heterocycles. The molecular weight excluding hydrogens is 284 g/mol. The number of aliphatic carboxylic acids is 1. The molecule has 0 radical (unpaired) electrons. The number of hydrogen-bond acceptors (Lipinski definition) is 3. The molecule has 6 heteroatoms. The molecule has 2 amide bonds. The van der Waals surface area contributed by atoms with E-state index >= 15 is 0 Å². The lowest BCUT2D eigenvalue weighted by molar-refractivity contribution is -0.143. The van der Waals surface area contributed by atoms with Gasteiger partial charge in [-0.15, -0.1) is 0 Å². The predicted octanol–water partition coefficient (Wildman–Crippen LogP) is 1.83. The highest BCUT2D eigenvalue weighted by Crippen LogP contribution is 2.17. The van der Waals surface area contributed by atoms with Crippen LogP contribution in [0.3, 0.4) is 0 Å². The monoisotopic (exact) mass is 306 g/mol. The van der Waals surface area contributed by atoms with Crippen molar-refractivity contribution in [3.8, 4) is 5.75 Å². The first kappa shape index (κ1) is 16.1. The summed E-state index contributed by atoms with van der Waals surface area (Å²) in [5, 5.41) is 21.2. The van der Waals surface area contributed by atoms with Gasteiger partial charge in [-0.1, -0.05) is 12.1 Å². The van der Waals surface area contributed by atoms with Crippen LogP contribution in [0.25, 0.3) is 0 Å². The van der Waals surface area contributed by atoms with Gasteiger partial charge in [-0.2, -0.15) is 0 Å². The maximum Gasteiger partial charge on any atom is 0.317 e. The number of benzene rings is 1. The van der Waals surface area contributed by atoms with Gasteiger partial charge in [0.2, 0.25) is 0 Å². The van der Waals surface area contributed by atoms with E-state index in [0.29, 0.717) is 19.4 Å². The van der Waals surface area contributed by atoms with Crippen molar-refractivity contribution in [1.82, 2.24) is 10.2 Å². The maximum atomic E-state index is 12.2. The Kier molecular flexibility index (Phi) is 5.25.